The molecule has 0 unspecified atom stereocenters. The molecule has 2 aromatic rings. The molecule has 0 bridgehead atoms. The fraction of sp³-hybridized carbons (Fsp3) is 0.440. The highest BCUT2D eigenvalue weighted by molar-refractivity contribution is 5.98. The molecule has 0 atom stereocenters. The number of hydrogen-bond acceptors (Lipinski definition) is 3. The minimum atomic E-state index is 0.0913. The van der Waals surface area contributed by atoms with Gasteiger partial charge in [-0.05, 0) is 48.4 Å². The van der Waals surface area contributed by atoms with Crippen molar-refractivity contribution in [3.63, 3.8) is 0 Å². The van der Waals surface area contributed by atoms with Gasteiger partial charge in [0.25, 0.3) is 0 Å². The highest BCUT2D eigenvalue weighted by Crippen LogP contribution is 2.23. The van der Waals surface area contributed by atoms with E-state index in [0.717, 1.165) is 57.5 Å². The number of hydrogen-bond donors (Lipinski definition) is 0. The molecule has 0 aromatic heterocycles. The Morgan fingerprint density at radius 2 is 1.62 bits per heavy atom. The minimum Gasteiger partial charge on any atom is -0.341 e. The SMILES string of the molecule is O=C(CCC(=O)N1CCCN(Cc2ccccc2)CC1)c1ccc2c(c1)CCC2. The zero-order chi connectivity index (χ0) is 20.1. The van der Waals surface area contributed by atoms with Crippen LogP contribution in [0.1, 0.15) is 52.7 Å². The number of ketones is 1. The van der Waals surface area contributed by atoms with Gasteiger partial charge in [0, 0.05) is 51.1 Å². The summed E-state index contributed by atoms with van der Waals surface area (Å²) in [4.78, 5) is 29.6. The molecule has 0 N–H and O–H groups in total. The van der Waals surface area contributed by atoms with E-state index in [2.05, 4.69) is 35.2 Å². The van der Waals surface area contributed by atoms with E-state index in [1.807, 2.05) is 23.1 Å². The molecule has 1 fully saturated rings. The van der Waals surface area contributed by atoms with Gasteiger partial charge in [0.2, 0.25) is 5.91 Å². The molecule has 4 heteroatoms. The average Bonchev–Trinajstić information content (AvgIpc) is 3.10. The van der Waals surface area contributed by atoms with Gasteiger partial charge in [-0.15, -0.1) is 0 Å². The Bertz CT molecular complexity index is 862. The topological polar surface area (TPSA) is 40.6 Å². The van der Waals surface area contributed by atoms with Crippen LogP contribution in [0.25, 0.3) is 0 Å². The van der Waals surface area contributed by atoms with Gasteiger partial charge in [-0.2, -0.15) is 0 Å². The normalized spacial score (nSPS) is 17.0. The van der Waals surface area contributed by atoms with Crippen molar-refractivity contribution in [2.24, 2.45) is 0 Å². The molecule has 1 aliphatic carbocycles. The number of fused-ring (bicyclic) bond motifs is 1. The Labute approximate surface area is 173 Å². The third-order valence-electron chi connectivity index (χ3n) is 6.18. The molecule has 4 nitrogen and oxygen atoms in total. The maximum atomic E-state index is 12.7. The molecule has 0 spiro atoms. The predicted molar refractivity (Wildman–Crippen MR) is 115 cm³/mol. The summed E-state index contributed by atoms with van der Waals surface area (Å²) >= 11 is 0. The van der Waals surface area contributed by atoms with Crippen molar-refractivity contribution in [3.05, 3.63) is 70.8 Å². The summed E-state index contributed by atoms with van der Waals surface area (Å²) in [6.45, 7) is 4.36. The first-order valence-corrected chi connectivity index (χ1v) is 10.9. The van der Waals surface area contributed by atoms with Crippen LogP contribution >= 0.6 is 0 Å². The lowest BCUT2D eigenvalue weighted by molar-refractivity contribution is -0.131. The summed E-state index contributed by atoms with van der Waals surface area (Å²) in [5.74, 6) is 0.203. The molecule has 0 saturated carbocycles. The lowest BCUT2D eigenvalue weighted by atomic mass is 10.0. The molecule has 152 valence electrons. The Balaban J connectivity index is 1.26. The van der Waals surface area contributed by atoms with Crippen molar-refractivity contribution in [3.8, 4) is 0 Å². The minimum absolute atomic E-state index is 0.0913. The largest absolute Gasteiger partial charge is 0.341 e. The third kappa shape index (κ3) is 5.13. The zero-order valence-corrected chi connectivity index (χ0v) is 17.1. The van der Waals surface area contributed by atoms with Crippen molar-refractivity contribution in [1.29, 1.82) is 0 Å². The number of Topliss-reactive ketones (excluding diaryl/α,β-unsaturated/α-hetero) is 1. The Kier molecular flexibility index (Phi) is 6.40. The van der Waals surface area contributed by atoms with E-state index < -0.39 is 0 Å². The van der Waals surface area contributed by atoms with Crippen molar-refractivity contribution in [2.45, 2.75) is 45.1 Å². The van der Waals surface area contributed by atoms with Gasteiger partial charge in [0.05, 0.1) is 0 Å². The molecule has 1 amide bonds. The van der Waals surface area contributed by atoms with Gasteiger partial charge in [-0.25, -0.2) is 0 Å². The van der Waals surface area contributed by atoms with Crippen LogP contribution in [0.15, 0.2) is 48.5 Å². The van der Waals surface area contributed by atoms with E-state index in [1.165, 1.54) is 23.1 Å². The highest BCUT2D eigenvalue weighted by Gasteiger charge is 2.20. The molecule has 2 aliphatic rings. The van der Waals surface area contributed by atoms with E-state index in [0.29, 0.717) is 12.8 Å². The van der Waals surface area contributed by atoms with E-state index >= 15 is 0 Å². The molecule has 2 aromatic carbocycles. The van der Waals surface area contributed by atoms with Crippen molar-refractivity contribution < 1.29 is 9.59 Å². The van der Waals surface area contributed by atoms with Crippen molar-refractivity contribution >= 4 is 11.7 Å². The molecule has 0 radical (unpaired) electrons. The lowest BCUT2D eigenvalue weighted by Crippen LogP contribution is -2.35. The third-order valence-corrected chi connectivity index (χ3v) is 6.18. The van der Waals surface area contributed by atoms with Crippen LogP contribution in [0.4, 0.5) is 0 Å². The van der Waals surface area contributed by atoms with Crippen LogP contribution < -0.4 is 0 Å². The number of rotatable bonds is 6. The maximum absolute atomic E-state index is 12.7. The monoisotopic (exact) mass is 390 g/mol. The summed E-state index contributed by atoms with van der Waals surface area (Å²) in [6.07, 6.45) is 4.98. The second kappa shape index (κ2) is 9.36. The molecular weight excluding hydrogens is 360 g/mol. The summed E-state index contributed by atoms with van der Waals surface area (Å²) in [5.41, 5.74) is 4.77. The standard InChI is InChI=1S/C25H30N2O2/c28-24(23-11-10-21-8-4-9-22(21)18-23)12-13-25(29)27-15-5-14-26(16-17-27)19-20-6-2-1-3-7-20/h1-3,6-7,10-11,18H,4-5,8-9,12-17,19H2. The number of carbonyl (C=O) groups is 2. The van der Waals surface area contributed by atoms with Gasteiger partial charge in [0.15, 0.2) is 5.78 Å². The molecular formula is C25H30N2O2. The number of carbonyl (C=O) groups excluding carboxylic acids is 2. The highest BCUT2D eigenvalue weighted by atomic mass is 16.2. The Morgan fingerprint density at radius 3 is 2.48 bits per heavy atom. The summed E-state index contributed by atoms with van der Waals surface area (Å²) < 4.78 is 0. The molecule has 29 heavy (non-hydrogen) atoms. The van der Waals surface area contributed by atoms with E-state index in [1.54, 1.807) is 0 Å². The summed E-state index contributed by atoms with van der Waals surface area (Å²) in [6, 6.07) is 16.6. The Morgan fingerprint density at radius 1 is 0.793 bits per heavy atom. The first-order valence-electron chi connectivity index (χ1n) is 10.9. The van der Waals surface area contributed by atoms with Crippen molar-refractivity contribution in [1.82, 2.24) is 9.80 Å². The zero-order valence-electron chi connectivity index (χ0n) is 17.1. The van der Waals surface area contributed by atoms with Crippen LogP contribution in [0.5, 0.6) is 0 Å². The number of amides is 1. The molecule has 1 aliphatic heterocycles. The first-order chi connectivity index (χ1) is 14.2. The van der Waals surface area contributed by atoms with E-state index in [-0.39, 0.29) is 11.7 Å². The predicted octanol–water partition coefficient (Wildman–Crippen LogP) is 3.87. The first kappa shape index (κ1) is 19.8. The van der Waals surface area contributed by atoms with Gasteiger partial charge in [-0.3, -0.25) is 14.5 Å². The number of aryl methyl sites for hydroxylation is 2. The maximum Gasteiger partial charge on any atom is 0.223 e. The quantitative estimate of drug-likeness (QED) is 0.703. The lowest BCUT2D eigenvalue weighted by Gasteiger charge is -2.22. The van der Waals surface area contributed by atoms with E-state index in [4.69, 9.17) is 0 Å². The van der Waals surface area contributed by atoms with E-state index in [9.17, 15) is 9.59 Å². The van der Waals surface area contributed by atoms with Crippen LogP contribution in [0.3, 0.4) is 0 Å². The van der Waals surface area contributed by atoms with Gasteiger partial charge in [0.1, 0.15) is 0 Å². The van der Waals surface area contributed by atoms with Gasteiger partial charge < -0.3 is 4.90 Å². The fourth-order valence-electron chi connectivity index (χ4n) is 4.49. The van der Waals surface area contributed by atoms with Gasteiger partial charge in [-0.1, -0.05) is 42.5 Å². The second-order valence-corrected chi connectivity index (χ2v) is 8.26. The summed E-state index contributed by atoms with van der Waals surface area (Å²) in [7, 11) is 0. The fourth-order valence-corrected chi connectivity index (χ4v) is 4.49. The van der Waals surface area contributed by atoms with Crippen LogP contribution in [-0.4, -0.2) is 47.7 Å². The molecule has 4 rings (SSSR count). The average molecular weight is 391 g/mol. The van der Waals surface area contributed by atoms with Crippen LogP contribution in [0.2, 0.25) is 0 Å². The van der Waals surface area contributed by atoms with Crippen molar-refractivity contribution in [2.75, 3.05) is 26.2 Å². The number of benzene rings is 2. The molecule has 1 saturated heterocycles. The second-order valence-electron chi connectivity index (χ2n) is 8.26. The Hall–Kier alpha value is -2.46. The molecule has 1 heterocycles. The summed E-state index contributed by atoms with van der Waals surface area (Å²) in [5, 5.41) is 0. The number of nitrogens with zero attached hydrogens (tertiary/aromatic N) is 2. The van der Waals surface area contributed by atoms with Gasteiger partial charge >= 0.3 is 0 Å². The van der Waals surface area contributed by atoms with Crippen LogP contribution in [0, 0.1) is 0 Å². The smallest absolute Gasteiger partial charge is 0.223 e. The van der Waals surface area contributed by atoms with Crippen LogP contribution in [-0.2, 0) is 24.2 Å².